The van der Waals surface area contributed by atoms with Crippen molar-refractivity contribution < 1.29 is 14.3 Å². The van der Waals surface area contributed by atoms with Gasteiger partial charge in [0.15, 0.2) is 0 Å². The lowest BCUT2D eigenvalue weighted by Crippen LogP contribution is -2.19. The Morgan fingerprint density at radius 2 is 1.94 bits per heavy atom. The van der Waals surface area contributed by atoms with E-state index in [1.54, 1.807) is 18.1 Å². The van der Waals surface area contributed by atoms with Gasteiger partial charge in [-0.05, 0) is 36.0 Å². The van der Waals surface area contributed by atoms with Crippen LogP contribution < -0.4 is 0 Å². The molecule has 2 aliphatic rings. The van der Waals surface area contributed by atoms with E-state index in [2.05, 4.69) is 17.0 Å². The Balaban J connectivity index is 1.57. The number of aromatic nitrogens is 3. The SMILES string of the molecule is CN1Cc2ccc(-c3nc(CO)c(F)cc3-c3cnn(CC4(C)CCCC4)c3)cc2C1=O. The maximum absolute atomic E-state index is 14.6. The number of fused-ring (bicyclic) bond motifs is 1. The summed E-state index contributed by atoms with van der Waals surface area (Å²) in [6.45, 7) is 3.20. The number of carbonyl (C=O) groups is 1. The second-order valence-electron chi connectivity index (χ2n) is 9.45. The standard InChI is InChI=1S/C25H27FN4O2/c1-25(7-3-4-8-25)15-30-13-18(11-27-30)19-10-21(26)22(14-31)28-23(19)16-5-6-17-12-29(2)24(32)20(17)9-16/h5-6,9-11,13,31H,3-4,7-8,12,14-15H2,1-2H3. The van der Waals surface area contributed by atoms with Gasteiger partial charge >= 0.3 is 0 Å². The van der Waals surface area contributed by atoms with E-state index in [9.17, 15) is 14.3 Å². The smallest absolute Gasteiger partial charge is 0.254 e. The number of rotatable bonds is 5. The van der Waals surface area contributed by atoms with Gasteiger partial charge in [-0.3, -0.25) is 9.48 Å². The highest BCUT2D eigenvalue weighted by molar-refractivity contribution is 5.99. The van der Waals surface area contributed by atoms with Gasteiger partial charge in [0.2, 0.25) is 0 Å². The van der Waals surface area contributed by atoms with Gasteiger partial charge in [0.05, 0.1) is 18.5 Å². The topological polar surface area (TPSA) is 71.2 Å². The lowest BCUT2D eigenvalue weighted by molar-refractivity contribution is 0.0816. The maximum Gasteiger partial charge on any atom is 0.254 e. The molecule has 1 aromatic carbocycles. The zero-order chi connectivity index (χ0) is 22.5. The summed E-state index contributed by atoms with van der Waals surface area (Å²) < 4.78 is 16.6. The summed E-state index contributed by atoms with van der Waals surface area (Å²) >= 11 is 0. The van der Waals surface area contributed by atoms with E-state index in [1.807, 2.05) is 29.1 Å². The Morgan fingerprint density at radius 3 is 2.69 bits per heavy atom. The van der Waals surface area contributed by atoms with Gasteiger partial charge in [0.25, 0.3) is 5.91 Å². The average Bonchev–Trinajstić information content (AvgIpc) is 3.48. The molecule has 6 nitrogen and oxygen atoms in total. The summed E-state index contributed by atoms with van der Waals surface area (Å²) in [5.74, 6) is -0.593. The first kappa shape index (κ1) is 20.8. The molecule has 1 aliphatic heterocycles. The summed E-state index contributed by atoms with van der Waals surface area (Å²) in [6, 6.07) is 7.05. The van der Waals surface area contributed by atoms with E-state index in [0.29, 0.717) is 28.9 Å². The summed E-state index contributed by atoms with van der Waals surface area (Å²) in [7, 11) is 1.77. The molecule has 0 spiro atoms. The van der Waals surface area contributed by atoms with Crippen LogP contribution in [0.15, 0.2) is 36.7 Å². The van der Waals surface area contributed by atoms with E-state index in [0.717, 1.165) is 17.7 Å². The first-order valence-electron chi connectivity index (χ1n) is 11.1. The van der Waals surface area contributed by atoms with Crippen molar-refractivity contribution in [2.45, 2.75) is 52.3 Å². The summed E-state index contributed by atoms with van der Waals surface area (Å²) in [6.07, 6.45) is 8.55. The molecule has 166 valence electrons. The predicted molar refractivity (Wildman–Crippen MR) is 119 cm³/mol. The molecule has 5 rings (SSSR count). The number of nitrogens with zero attached hydrogens (tertiary/aromatic N) is 4. The van der Waals surface area contributed by atoms with E-state index < -0.39 is 12.4 Å². The quantitative estimate of drug-likeness (QED) is 0.646. The Morgan fingerprint density at radius 1 is 1.16 bits per heavy atom. The Bertz CT molecular complexity index is 1200. The molecule has 1 N–H and O–H groups in total. The zero-order valence-electron chi connectivity index (χ0n) is 18.4. The number of pyridine rings is 1. The minimum absolute atomic E-state index is 0.0152. The molecule has 2 aromatic heterocycles. The van der Waals surface area contributed by atoms with Crippen molar-refractivity contribution in [3.63, 3.8) is 0 Å². The summed E-state index contributed by atoms with van der Waals surface area (Å²) in [4.78, 5) is 18.6. The third-order valence-corrected chi connectivity index (χ3v) is 6.86. The fourth-order valence-electron chi connectivity index (χ4n) is 5.04. The molecule has 0 radical (unpaired) electrons. The number of carbonyl (C=O) groups excluding carboxylic acids is 1. The second kappa shape index (κ2) is 7.81. The maximum atomic E-state index is 14.6. The van der Waals surface area contributed by atoms with Crippen molar-refractivity contribution in [1.29, 1.82) is 0 Å². The zero-order valence-corrected chi connectivity index (χ0v) is 18.4. The van der Waals surface area contributed by atoms with Gasteiger partial charge in [0, 0.05) is 48.6 Å². The minimum Gasteiger partial charge on any atom is -0.390 e. The molecule has 0 saturated heterocycles. The molecule has 3 heterocycles. The highest BCUT2D eigenvalue weighted by Crippen LogP contribution is 2.39. The molecule has 1 amide bonds. The number of hydrogen-bond donors (Lipinski definition) is 1. The molecule has 1 aliphatic carbocycles. The average molecular weight is 435 g/mol. The molecule has 1 saturated carbocycles. The summed E-state index contributed by atoms with van der Waals surface area (Å²) in [5, 5.41) is 14.1. The predicted octanol–water partition coefficient (Wildman–Crippen LogP) is 4.41. The first-order valence-corrected chi connectivity index (χ1v) is 11.1. The van der Waals surface area contributed by atoms with Crippen molar-refractivity contribution in [2.24, 2.45) is 5.41 Å². The summed E-state index contributed by atoms with van der Waals surface area (Å²) in [5.41, 5.74) is 4.44. The molecule has 7 heteroatoms. The van der Waals surface area contributed by atoms with Crippen LogP contribution in [0.25, 0.3) is 22.4 Å². The van der Waals surface area contributed by atoms with E-state index in [1.165, 1.54) is 31.7 Å². The van der Waals surface area contributed by atoms with Crippen molar-refractivity contribution >= 4 is 5.91 Å². The fourth-order valence-corrected chi connectivity index (χ4v) is 5.04. The van der Waals surface area contributed by atoms with Crippen molar-refractivity contribution in [3.05, 3.63) is 59.3 Å². The van der Waals surface area contributed by atoms with E-state index in [-0.39, 0.29) is 17.0 Å². The number of hydrogen-bond acceptors (Lipinski definition) is 4. The Labute approximate surface area is 186 Å². The molecule has 1 fully saturated rings. The minimum atomic E-state index is -0.557. The highest BCUT2D eigenvalue weighted by Gasteiger charge is 2.30. The van der Waals surface area contributed by atoms with E-state index in [4.69, 9.17) is 0 Å². The van der Waals surface area contributed by atoms with Crippen LogP contribution in [-0.4, -0.2) is 37.7 Å². The van der Waals surface area contributed by atoms with Crippen LogP contribution in [0.5, 0.6) is 0 Å². The fraction of sp³-hybridized carbons (Fsp3) is 0.400. The van der Waals surface area contributed by atoms with Crippen LogP contribution >= 0.6 is 0 Å². The van der Waals surface area contributed by atoms with Gasteiger partial charge in [-0.2, -0.15) is 5.10 Å². The molecule has 3 aromatic rings. The van der Waals surface area contributed by atoms with Gasteiger partial charge in [-0.15, -0.1) is 0 Å². The molecule has 0 atom stereocenters. The third kappa shape index (κ3) is 3.60. The first-order chi connectivity index (χ1) is 15.4. The van der Waals surface area contributed by atoms with Crippen LogP contribution in [0.3, 0.4) is 0 Å². The monoisotopic (exact) mass is 434 g/mol. The number of benzene rings is 1. The number of amides is 1. The second-order valence-corrected chi connectivity index (χ2v) is 9.45. The van der Waals surface area contributed by atoms with Crippen LogP contribution in [0.1, 0.15) is 54.2 Å². The van der Waals surface area contributed by atoms with E-state index >= 15 is 0 Å². The van der Waals surface area contributed by atoms with Crippen LogP contribution in [-0.2, 0) is 19.7 Å². The number of aliphatic hydroxyl groups excluding tert-OH is 1. The van der Waals surface area contributed by atoms with Crippen LogP contribution in [0, 0.1) is 11.2 Å². The Kier molecular flexibility index (Phi) is 5.08. The number of aliphatic hydroxyl groups is 1. The van der Waals surface area contributed by atoms with Gasteiger partial charge in [-0.1, -0.05) is 31.9 Å². The van der Waals surface area contributed by atoms with Gasteiger partial charge < -0.3 is 10.0 Å². The number of halogens is 1. The Hall–Kier alpha value is -3.06. The molecular weight excluding hydrogens is 407 g/mol. The molecular formula is C25H27FN4O2. The normalized spacial score (nSPS) is 17.2. The van der Waals surface area contributed by atoms with Gasteiger partial charge in [-0.25, -0.2) is 9.37 Å². The lowest BCUT2D eigenvalue weighted by Gasteiger charge is -2.22. The van der Waals surface area contributed by atoms with Gasteiger partial charge in [0.1, 0.15) is 11.5 Å². The van der Waals surface area contributed by atoms with Crippen molar-refractivity contribution in [1.82, 2.24) is 19.7 Å². The lowest BCUT2D eigenvalue weighted by atomic mass is 9.89. The largest absolute Gasteiger partial charge is 0.390 e. The van der Waals surface area contributed by atoms with Crippen molar-refractivity contribution in [3.8, 4) is 22.4 Å². The van der Waals surface area contributed by atoms with Crippen LogP contribution in [0.4, 0.5) is 4.39 Å². The van der Waals surface area contributed by atoms with Crippen molar-refractivity contribution in [2.75, 3.05) is 7.05 Å². The third-order valence-electron chi connectivity index (χ3n) is 6.86. The highest BCUT2D eigenvalue weighted by atomic mass is 19.1. The molecule has 0 bridgehead atoms. The molecule has 32 heavy (non-hydrogen) atoms. The molecule has 0 unspecified atom stereocenters. The van der Waals surface area contributed by atoms with Crippen LogP contribution in [0.2, 0.25) is 0 Å².